The van der Waals surface area contributed by atoms with Crippen LogP contribution in [-0.2, 0) is 6.42 Å². The first-order valence-electron chi connectivity index (χ1n) is 6.65. The molecule has 0 aliphatic rings. The number of fused-ring (bicyclic) bond motifs is 1. The van der Waals surface area contributed by atoms with Gasteiger partial charge in [-0.05, 0) is 22.4 Å². The average molecular weight is 278 g/mol. The van der Waals surface area contributed by atoms with Crippen LogP contribution < -0.4 is 4.74 Å². The highest BCUT2D eigenvalue weighted by Crippen LogP contribution is 2.20. The number of hydrogen-bond donors (Lipinski definition) is 0. The summed E-state index contributed by atoms with van der Waals surface area (Å²) in [7, 11) is 1.52. The molecule has 3 aromatic rings. The van der Waals surface area contributed by atoms with Crippen molar-refractivity contribution in [3.63, 3.8) is 0 Å². The van der Waals surface area contributed by atoms with E-state index >= 15 is 0 Å². The summed E-state index contributed by atoms with van der Waals surface area (Å²) in [6, 6.07) is 17.3. The molecule has 0 unspecified atom stereocenters. The lowest BCUT2D eigenvalue weighted by Crippen LogP contribution is -2.07. The lowest BCUT2D eigenvalue weighted by atomic mass is 9.99. The minimum atomic E-state index is -0.0542. The highest BCUT2D eigenvalue weighted by Gasteiger charge is 2.11. The van der Waals surface area contributed by atoms with Crippen molar-refractivity contribution in [3.8, 4) is 5.88 Å². The number of hydrogen-bond acceptors (Lipinski definition) is 4. The lowest BCUT2D eigenvalue weighted by molar-refractivity contribution is 0.0987. The Morgan fingerprint density at radius 3 is 2.57 bits per heavy atom. The molecule has 0 N–H and O–H groups in total. The Labute approximate surface area is 122 Å². The van der Waals surface area contributed by atoms with Crippen LogP contribution in [0.1, 0.15) is 16.1 Å². The number of nitrogens with zero attached hydrogens (tertiary/aromatic N) is 2. The van der Waals surface area contributed by atoms with E-state index in [0.717, 1.165) is 16.3 Å². The summed E-state index contributed by atoms with van der Waals surface area (Å²) in [5, 5.41) is 9.95. The summed E-state index contributed by atoms with van der Waals surface area (Å²) in [5.41, 5.74) is 1.35. The largest absolute Gasteiger partial charge is 0.480 e. The third-order valence-corrected chi connectivity index (χ3v) is 3.37. The van der Waals surface area contributed by atoms with Crippen LogP contribution in [0.15, 0.2) is 54.6 Å². The molecule has 0 amide bonds. The fourth-order valence-electron chi connectivity index (χ4n) is 2.29. The maximum atomic E-state index is 12.3. The number of aromatic nitrogens is 2. The van der Waals surface area contributed by atoms with Crippen LogP contribution >= 0.6 is 0 Å². The first-order valence-corrected chi connectivity index (χ1v) is 6.65. The number of Topliss-reactive ketones (excluding diaryl/α,β-unsaturated/α-hetero) is 1. The number of carbonyl (C=O) groups is 1. The second kappa shape index (κ2) is 5.71. The van der Waals surface area contributed by atoms with Crippen molar-refractivity contribution in [2.45, 2.75) is 6.42 Å². The van der Waals surface area contributed by atoms with Gasteiger partial charge in [0.15, 0.2) is 5.78 Å². The van der Waals surface area contributed by atoms with E-state index < -0.39 is 0 Å². The molecule has 0 fully saturated rings. The van der Waals surface area contributed by atoms with Crippen molar-refractivity contribution in [1.82, 2.24) is 10.2 Å². The highest BCUT2D eigenvalue weighted by molar-refractivity contribution is 5.98. The van der Waals surface area contributed by atoms with E-state index in [2.05, 4.69) is 10.2 Å². The van der Waals surface area contributed by atoms with Crippen molar-refractivity contribution in [2.24, 2.45) is 0 Å². The summed E-state index contributed by atoms with van der Waals surface area (Å²) in [6.45, 7) is 0. The smallest absolute Gasteiger partial charge is 0.233 e. The van der Waals surface area contributed by atoms with Gasteiger partial charge in [-0.25, -0.2) is 0 Å². The van der Waals surface area contributed by atoms with Gasteiger partial charge >= 0.3 is 0 Å². The van der Waals surface area contributed by atoms with E-state index in [9.17, 15) is 4.79 Å². The van der Waals surface area contributed by atoms with Crippen LogP contribution in [0.4, 0.5) is 0 Å². The van der Waals surface area contributed by atoms with Gasteiger partial charge in [0.1, 0.15) is 5.69 Å². The van der Waals surface area contributed by atoms with Gasteiger partial charge in [0.05, 0.1) is 7.11 Å². The van der Waals surface area contributed by atoms with Gasteiger partial charge in [-0.3, -0.25) is 4.79 Å². The van der Waals surface area contributed by atoms with Crippen molar-refractivity contribution in [1.29, 1.82) is 0 Å². The zero-order valence-corrected chi connectivity index (χ0v) is 11.6. The predicted molar refractivity (Wildman–Crippen MR) is 80.6 cm³/mol. The minimum Gasteiger partial charge on any atom is -0.480 e. The third kappa shape index (κ3) is 2.74. The number of carbonyl (C=O) groups excluding carboxylic acids is 1. The maximum Gasteiger partial charge on any atom is 0.233 e. The van der Waals surface area contributed by atoms with E-state index in [1.165, 1.54) is 7.11 Å². The lowest BCUT2D eigenvalue weighted by Gasteiger charge is -2.05. The Morgan fingerprint density at radius 1 is 1.00 bits per heavy atom. The topological polar surface area (TPSA) is 52.1 Å². The zero-order valence-electron chi connectivity index (χ0n) is 11.6. The van der Waals surface area contributed by atoms with E-state index in [1.54, 1.807) is 12.1 Å². The van der Waals surface area contributed by atoms with E-state index in [0.29, 0.717) is 18.0 Å². The summed E-state index contributed by atoms with van der Waals surface area (Å²) < 4.78 is 4.94. The third-order valence-electron chi connectivity index (χ3n) is 3.37. The zero-order chi connectivity index (χ0) is 14.7. The molecular weight excluding hydrogens is 264 g/mol. The molecule has 104 valence electrons. The monoisotopic (exact) mass is 278 g/mol. The van der Waals surface area contributed by atoms with E-state index in [4.69, 9.17) is 4.74 Å². The van der Waals surface area contributed by atoms with Crippen molar-refractivity contribution < 1.29 is 9.53 Å². The molecule has 0 aliphatic carbocycles. The summed E-state index contributed by atoms with van der Waals surface area (Å²) in [5.74, 6) is 0.346. The van der Waals surface area contributed by atoms with Gasteiger partial charge in [-0.15, -0.1) is 10.2 Å². The van der Waals surface area contributed by atoms with Crippen LogP contribution in [0.2, 0.25) is 0 Å². The quantitative estimate of drug-likeness (QED) is 0.688. The van der Waals surface area contributed by atoms with Gasteiger partial charge in [0.25, 0.3) is 0 Å². The Hall–Kier alpha value is -2.75. The number of benzene rings is 2. The van der Waals surface area contributed by atoms with Gasteiger partial charge in [-0.1, -0.05) is 42.5 Å². The normalized spacial score (nSPS) is 10.5. The van der Waals surface area contributed by atoms with Gasteiger partial charge < -0.3 is 4.74 Å². The molecule has 0 saturated carbocycles. The Balaban J connectivity index is 1.89. The molecular formula is C17H14N2O2. The second-order valence-corrected chi connectivity index (χ2v) is 4.70. The minimum absolute atomic E-state index is 0.0542. The summed E-state index contributed by atoms with van der Waals surface area (Å²) in [4.78, 5) is 12.3. The highest BCUT2D eigenvalue weighted by atomic mass is 16.5. The molecule has 0 bridgehead atoms. The van der Waals surface area contributed by atoms with Gasteiger partial charge in [0.2, 0.25) is 5.88 Å². The standard InChI is InChI=1S/C17H14N2O2/c1-21-17-10-9-15(18-19-17)16(20)11-13-7-4-6-12-5-2-3-8-14(12)13/h2-10H,11H2,1H3. The van der Waals surface area contributed by atoms with Gasteiger partial charge in [-0.2, -0.15) is 0 Å². The Kier molecular flexibility index (Phi) is 3.60. The SMILES string of the molecule is COc1ccc(C(=O)Cc2cccc3ccccc23)nn1. The molecule has 0 atom stereocenters. The van der Waals surface area contributed by atoms with Crippen LogP contribution in [0.3, 0.4) is 0 Å². The average Bonchev–Trinajstić information content (AvgIpc) is 2.55. The fraction of sp³-hybridized carbons (Fsp3) is 0.118. The van der Waals surface area contributed by atoms with Gasteiger partial charge in [0, 0.05) is 12.5 Å². The second-order valence-electron chi connectivity index (χ2n) is 4.70. The molecule has 0 spiro atoms. The molecule has 3 rings (SSSR count). The molecule has 21 heavy (non-hydrogen) atoms. The number of methoxy groups -OCH3 is 1. The van der Waals surface area contributed by atoms with Crippen LogP contribution in [0.25, 0.3) is 10.8 Å². The molecule has 0 saturated heterocycles. The molecule has 4 heteroatoms. The molecule has 2 aromatic carbocycles. The Morgan fingerprint density at radius 2 is 1.81 bits per heavy atom. The first kappa shape index (κ1) is 13.2. The molecule has 1 aromatic heterocycles. The van der Waals surface area contributed by atoms with Crippen LogP contribution in [0.5, 0.6) is 5.88 Å². The Bertz CT molecular complexity index is 777. The maximum absolute atomic E-state index is 12.3. The van der Waals surface area contributed by atoms with Crippen LogP contribution in [-0.4, -0.2) is 23.1 Å². The fourth-order valence-corrected chi connectivity index (χ4v) is 2.29. The number of ketones is 1. The van der Waals surface area contributed by atoms with E-state index in [1.807, 2.05) is 42.5 Å². The molecule has 1 heterocycles. The summed E-state index contributed by atoms with van der Waals surface area (Å²) >= 11 is 0. The number of ether oxygens (including phenoxy) is 1. The molecule has 0 aliphatic heterocycles. The number of rotatable bonds is 4. The van der Waals surface area contributed by atoms with Crippen molar-refractivity contribution >= 4 is 16.6 Å². The first-order chi connectivity index (χ1) is 10.3. The van der Waals surface area contributed by atoms with Crippen LogP contribution in [0, 0.1) is 0 Å². The van der Waals surface area contributed by atoms with Crippen molar-refractivity contribution in [3.05, 3.63) is 65.9 Å². The molecule has 0 radical (unpaired) electrons. The van der Waals surface area contributed by atoms with E-state index in [-0.39, 0.29) is 5.78 Å². The van der Waals surface area contributed by atoms with Crippen molar-refractivity contribution in [2.75, 3.05) is 7.11 Å². The predicted octanol–water partition coefficient (Wildman–Crippen LogP) is 3.06. The molecule has 4 nitrogen and oxygen atoms in total. The summed E-state index contributed by atoms with van der Waals surface area (Å²) in [6.07, 6.45) is 0.308.